The number of hydrogen-bond acceptors (Lipinski definition) is 6. The van der Waals surface area contributed by atoms with Crippen LogP contribution in [-0.2, 0) is 19.0 Å². The first-order chi connectivity index (χ1) is 10.7. The molecule has 6 nitrogen and oxygen atoms in total. The normalized spacial score (nSPS) is 31.4. The Hall–Kier alpha value is -0.530. The van der Waals surface area contributed by atoms with Crippen LogP contribution in [0.4, 0.5) is 0 Å². The fraction of sp³-hybridized carbons (Fsp3) is 0.941. The molecule has 0 aliphatic carbocycles. The minimum absolute atomic E-state index is 0.0116. The van der Waals surface area contributed by atoms with Crippen LogP contribution in [0.1, 0.15) is 40.5 Å². The molecule has 4 unspecified atom stereocenters. The molecule has 0 bridgehead atoms. The zero-order valence-electron chi connectivity index (χ0n) is 14.6. The monoisotopic (exact) mass is 330 g/mol. The molecule has 0 aromatic rings. The summed E-state index contributed by atoms with van der Waals surface area (Å²) >= 11 is 0. The predicted molar refractivity (Wildman–Crippen MR) is 84.1 cm³/mol. The van der Waals surface area contributed by atoms with Crippen LogP contribution >= 0.6 is 0 Å². The van der Waals surface area contributed by atoms with Crippen LogP contribution in [0, 0.1) is 11.3 Å². The van der Waals surface area contributed by atoms with Crippen LogP contribution in [0.3, 0.4) is 0 Å². The number of hydrogen-bond donors (Lipinski definition) is 2. The van der Waals surface area contributed by atoms with Gasteiger partial charge in [0.2, 0.25) is 0 Å². The van der Waals surface area contributed by atoms with E-state index in [0.29, 0.717) is 26.1 Å². The second-order valence-electron chi connectivity index (χ2n) is 7.81. The molecule has 6 heteroatoms. The molecule has 0 spiro atoms. The number of carbonyl (C=O) groups is 1. The third-order valence-electron chi connectivity index (χ3n) is 4.93. The molecule has 4 atom stereocenters. The van der Waals surface area contributed by atoms with E-state index >= 15 is 0 Å². The SMILES string of the molecule is CC(C)(CCO)OC1COC2C(C(=O)C(C)(C)CCO)COC12. The van der Waals surface area contributed by atoms with Gasteiger partial charge in [-0.2, -0.15) is 0 Å². The standard InChI is InChI=1S/C17H30O6/c1-16(2,5-7-18)15(20)11-9-21-14-12(10-22-13(11)14)23-17(3,4)6-8-19/h11-14,18-19H,5-10H2,1-4H3. The van der Waals surface area contributed by atoms with Gasteiger partial charge in [-0.3, -0.25) is 4.79 Å². The molecule has 2 N–H and O–H groups in total. The zero-order chi connectivity index (χ0) is 17.3. The van der Waals surface area contributed by atoms with Crippen molar-refractivity contribution in [3.63, 3.8) is 0 Å². The number of ether oxygens (including phenoxy) is 3. The third kappa shape index (κ3) is 4.12. The summed E-state index contributed by atoms with van der Waals surface area (Å²) in [4.78, 5) is 12.7. The highest BCUT2D eigenvalue weighted by molar-refractivity contribution is 5.87. The fourth-order valence-corrected chi connectivity index (χ4v) is 3.43. The van der Waals surface area contributed by atoms with Crippen molar-refractivity contribution in [1.82, 2.24) is 0 Å². The van der Waals surface area contributed by atoms with Crippen molar-refractivity contribution in [2.45, 2.75) is 64.4 Å². The summed E-state index contributed by atoms with van der Waals surface area (Å²) < 4.78 is 17.7. The van der Waals surface area contributed by atoms with Crippen LogP contribution in [0.15, 0.2) is 0 Å². The highest BCUT2D eigenvalue weighted by atomic mass is 16.6. The maximum Gasteiger partial charge on any atom is 0.146 e. The molecular formula is C17H30O6. The van der Waals surface area contributed by atoms with Gasteiger partial charge in [-0.05, 0) is 26.7 Å². The summed E-state index contributed by atoms with van der Waals surface area (Å²) in [6.45, 7) is 8.35. The van der Waals surface area contributed by atoms with E-state index in [0.717, 1.165) is 0 Å². The molecule has 23 heavy (non-hydrogen) atoms. The summed E-state index contributed by atoms with van der Waals surface area (Å²) in [5.74, 6) is -0.231. The van der Waals surface area contributed by atoms with Crippen molar-refractivity contribution in [3.8, 4) is 0 Å². The van der Waals surface area contributed by atoms with Crippen LogP contribution in [0.5, 0.6) is 0 Å². The Balaban J connectivity index is 2.00. The van der Waals surface area contributed by atoms with E-state index < -0.39 is 11.0 Å². The van der Waals surface area contributed by atoms with Crippen molar-refractivity contribution in [1.29, 1.82) is 0 Å². The number of fused-ring (bicyclic) bond motifs is 1. The third-order valence-corrected chi connectivity index (χ3v) is 4.93. The Bertz CT molecular complexity index is 419. The molecule has 2 heterocycles. The number of aliphatic hydroxyl groups excluding tert-OH is 2. The molecule has 0 aromatic carbocycles. The fourth-order valence-electron chi connectivity index (χ4n) is 3.43. The summed E-state index contributed by atoms with van der Waals surface area (Å²) in [5, 5.41) is 18.3. The van der Waals surface area contributed by atoms with Gasteiger partial charge in [0.05, 0.1) is 30.8 Å². The molecule has 0 radical (unpaired) electrons. The lowest BCUT2D eigenvalue weighted by Crippen LogP contribution is -2.41. The van der Waals surface area contributed by atoms with Crippen molar-refractivity contribution < 1.29 is 29.2 Å². The minimum Gasteiger partial charge on any atom is -0.396 e. The average Bonchev–Trinajstić information content (AvgIpc) is 3.00. The van der Waals surface area contributed by atoms with E-state index in [4.69, 9.17) is 24.4 Å². The van der Waals surface area contributed by atoms with E-state index in [1.54, 1.807) is 0 Å². The van der Waals surface area contributed by atoms with Gasteiger partial charge >= 0.3 is 0 Å². The minimum atomic E-state index is -0.587. The van der Waals surface area contributed by atoms with Gasteiger partial charge in [0.25, 0.3) is 0 Å². The van der Waals surface area contributed by atoms with E-state index in [9.17, 15) is 4.79 Å². The van der Waals surface area contributed by atoms with Crippen molar-refractivity contribution in [3.05, 3.63) is 0 Å². The maximum absolute atomic E-state index is 12.7. The first-order valence-electron chi connectivity index (χ1n) is 8.39. The van der Waals surface area contributed by atoms with Gasteiger partial charge in [-0.15, -0.1) is 0 Å². The zero-order valence-corrected chi connectivity index (χ0v) is 14.6. The molecule has 2 rings (SSSR count). The lowest BCUT2D eigenvalue weighted by Gasteiger charge is -2.30. The van der Waals surface area contributed by atoms with Crippen LogP contribution in [-0.4, -0.2) is 66.3 Å². The van der Waals surface area contributed by atoms with Crippen LogP contribution in [0.25, 0.3) is 0 Å². The molecule has 0 amide bonds. The first-order valence-corrected chi connectivity index (χ1v) is 8.39. The predicted octanol–water partition coefficient (Wildman–Crippen LogP) is 0.924. The summed E-state index contributed by atoms with van der Waals surface area (Å²) in [6.07, 6.45) is 0.221. The Morgan fingerprint density at radius 3 is 2.26 bits per heavy atom. The second kappa shape index (κ2) is 7.15. The van der Waals surface area contributed by atoms with Crippen LogP contribution < -0.4 is 0 Å². The van der Waals surface area contributed by atoms with Crippen molar-refractivity contribution in [2.75, 3.05) is 26.4 Å². The average molecular weight is 330 g/mol. The number of carbonyl (C=O) groups excluding carboxylic acids is 1. The van der Waals surface area contributed by atoms with Gasteiger partial charge in [0.1, 0.15) is 18.0 Å². The van der Waals surface area contributed by atoms with Gasteiger partial charge in [0, 0.05) is 18.6 Å². The molecule has 2 aliphatic heterocycles. The van der Waals surface area contributed by atoms with E-state index in [1.807, 2.05) is 27.7 Å². The number of Topliss-reactive ketones (excluding diaryl/α,β-unsaturated/α-hetero) is 1. The summed E-state index contributed by atoms with van der Waals surface area (Å²) in [6, 6.07) is 0. The Morgan fingerprint density at radius 2 is 1.65 bits per heavy atom. The molecule has 2 fully saturated rings. The quantitative estimate of drug-likeness (QED) is 0.688. The van der Waals surface area contributed by atoms with Crippen molar-refractivity contribution in [2.24, 2.45) is 11.3 Å². The highest BCUT2D eigenvalue weighted by Gasteiger charge is 2.53. The number of ketones is 1. The van der Waals surface area contributed by atoms with Crippen molar-refractivity contribution >= 4 is 5.78 Å². The Labute approximate surface area is 138 Å². The number of rotatable bonds is 8. The Kier molecular flexibility index (Phi) is 5.85. The van der Waals surface area contributed by atoms with Gasteiger partial charge in [-0.1, -0.05) is 13.8 Å². The Morgan fingerprint density at radius 1 is 1.04 bits per heavy atom. The molecule has 0 saturated carbocycles. The van der Waals surface area contributed by atoms with E-state index in [-0.39, 0.29) is 43.2 Å². The first kappa shape index (κ1) is 18.8. The lowest BCUT2D eigenvalue weighted by molar-refractivity contribution is -0.136. The van der Waals surface area contributed by atoms with Crippen LogP contribution in [0.2, 0.25) is 0 Å². The smallest absolute Gasteiger partial charge is 0.146 e. The van der Waals surface area contributed by atoms with Gasteiger partial charge in [-0.25, -0.2) is 0 Å². The molecular weight excluding hydrogens is 300 g/mol. The molecule has 2 aliphatic rings. The summed E-state index contributed by atoms with van der Waals surface area (Å²) in [7, 11) is 0. The largest absolute Gasteiger partial charge is 0.396 e. The van der Waals surface area contributed by atoms with E-state index in [1.165, 1.54) is 0 Å². The van der Waals surface area contributed by atoms with Gasteiger partial charge in [0.15, 0.2) is 0 Å². The topological polar surface area (TPSA) is 85.2 Å². The summed E-state index contributed by atoms with van der Waals surface area (Å²) in [5.41, 5.74) is -1.05. The van der Waals surface area contributed by atoms with E-state index in [2.05, 4.69) is 0 Å². The second-order valence-corrected chi connectivity index (χ2v) is 7.81. The maximum atomic E-state index is 12.7. The molecule has 134 valence electrons. The lowest BCUT2D eigenvalue weighted by atomic mass is 9.77. The molecule has 2 saturated heterocycles. The number of aliphatic hydroxyl groups is 2. The molecule has 0 aromatic heterocycles. The van der Waals surface area contributed by atoms with Gasteiger partial charge < -0.3 is 24.4 Å². The highest BCUT2D eigenvalue weighted by Crippen LogP contribution is 2.39.